The molecule has 1 saturated heterocycles. The first-order valence-corrected chi connectivity index (χ1v) is 10.0. The van der Waals surface area contributed by atoms with Gasteiger partial charge in [0.1, 0.15) is 6.26 Å². The number of rotatable bonds is 4. The molecule has 2 aliphatic rings. The minimum atomic E-state index is -0.545. The van der Waals surface area contributed by atoms with Gasteiger partial charge in [0, 0.05) is 25.7 Å². The van der Waals surface area contributed by atoms with Crippen LogP contribution >= 0.6 is 0 Å². The lowest BCUT2D eigenvalue weighted by molar-refractivity contribution is -0.139. The number of piperidine rings is 1. The predicted molar refractivity (Wildman–Crippen MR) is 100.0 cm³/mol. The highest BCUT2D eigenvalue weighted by molar-refractivity contribution is 6.35. The Labute approximate surface area is 159 Å². The summed E-state index contributed by atoms with van der Waals surface area (Å²) in [6, 6.07) is 1.80. The van der Waals surface area contributed by atoms with Crippen LogP contribution in [0.5, 0.6) is 0 Å². The summed E-state index contributed by atoms with van der Waals surface area (Å²) in [5.74, 6) is -0.798. The average molecular weight is 375 g/mol. The van der Waals surface area contributed by atoms with Gasteiger partial charge in [0.15, 0.2) is 0 Å². The van der Waals surface area contributed by atoms with Gasteiger partial charge < -0.3 is 20.0 Å². The van der Waals surface area contributed by atoms with E-state index in [1.54, 1.807) is 6.07 Å². The molecule has 3 amide bonds. The number of carbonyl (C=O) groups is 3. The van der Waals surface area contributed by atoms with Crippen LogP contribution in [0.3, 0.4) is 0 Å². The van der Waals surface area contributed by atoms with E-state index in [1.807, 2.05) is 4.90 Å². The van der Waals surface area contributed by atoms with E-state index in [0.29, 0.717) is 25.2 Å². The third-order valence-electron chi connectivity index (χ3n) is 5.62. The monoisotopic (exact) mass is 375 g/mol. The van der Waals surface area contributed by atoms with Crippen LogP contribution in [0.1, 0.15) is 61.7 Å². The third kappa shape index (κ3) is 5.58. The molecule has 0 radical (unpaired) electrons. The topological polar surface area (TPSA) is 91.7 Å². The molecule has 3 rings (SSSR count). The van der Waals surface area contributed by atoms with Crippen molar-refractivity contribution in [3.63, 3.8) is 0 Å². The molecule has 0 unspecified atom stereocenters. The Kier molecular flexibility index (Phi) is 6.90. The molecule has 0 bridgehead atoms. The Morgan fingerprint density at radius 3 is 2.33 bits per heavy atom. The molecule has 27 heavy (non-hydrogen) atoms. The van der Waals surface area contributed by atoms with Crippen LogP contribution in [-0.2, 0) is 9.59 Å². The molecule has 1 aliphatic heterocycles. The van der Waals surface area contributed by atoms with Gasteiger partial charge in [-0.3, -0.25) is 14.4 Å². The van der Waals surface area contributed by atoms with Gasteiger partial charge in [-0.05, 0) is 37.7 Å². The van der Waals surface area contributed by atoms with E-state index in [0.717, 1.165) is 38.5 Å². The van der Waals surface area contributed by atoms with Crippen LogP contribution in [0, 0.1) is 5.92 Å². The summed E-state index contributed by atoms with van der Waals surface area (Å²) < 4.78 is 4.96. The van der Waals surface area contributed by atoms with Crippen molar-refractivity contribution in [2.45, 2.75) is 57.4 Å². The highest BCUT2D eigenvalue weighted by Gasteiger charge is 2.25. The standard InChI is InChI=1S/C20H29N3O4/c24-18(19(25)22-17-5-3-1-2-4-6-17)21-13-15-7-10-23(11-8-15)20(26)16-9-12-27-14-16/h9,12,14-15,17H,1-8,10-11,13H2,(H,21,24)(H,22,25). The van der Waals surface area contributed by atoms with Crippen molar-refractivity contribution < 1.29 is 18.8 Å². The Morgan fingerprint density at radius 1 is 1.00 bits per heavy atom. The molecule has 0 aromatic carbocycles. The predicted octanol–water partition coefficient (Wildman–Crippen LogP) is 2.09. The lowest BCUT2D eigenvalue weighted by Gasteiger charge is -2.31. The maximum Gasteiger partial charge on any atom is 0.309 e. The third-order valence-corrected chi connectivity index (χ3v) is 5.62. The van der Waals surface area contributed by atoms with Gasteiger partial charge in [-0.25, -0.2) is 0 Å². The fraction of sp³-hybridized carbons (Fsp3) is 0.650. The number of hydrogen-bond donors (Lipinski definition) is 2. The number of nitrogens with zero attached hydrogens (tertiary/aromatic N) is 1. The van der Waals surface area contributed by atoms with Crippen molar-refractivity contribution in [1.29, 1.82) is 0 Å². The first kappa shape index (κ1) is 19.5. The van der Waals surface area contributed by atoms with E-state index in [-0.39, 0.29) is 17.9 Å². The summed E-state index contributed by atoms with van der Waals surface area (Å²) in [4.78, 5) is 38.2. The molecule has 1 aromatic rings. The van der Waals surface area contributed by atoms with E-state index < -0.39 is 11.8 Å². The Bertz CT molecular complexity index is 628. The summed E-state index contributed by atoms with van der Waals surface area (Å²) in [7, 11) is 0. The molecule has 0 spiro atoms. The zero-order valence-electron chi connectivity index (χ0n) is 15.7. The van der Waals surface area contributed by atoms with Gasteiger partial charge in [-0.15, -0.1) is 0 Å². The first-order chi connectivity index (χ1) is 13.1. The second-order valence-electron chi connectivity index (χ2n) is 7.62. The lowest BCUT2D eigenvalue weighted by atomic mass is 9.96. The Hall–Kier alpha value is -2.31. The molecule has 2 N–H and O–H groups in total. The second-order valence-corrected chi connectivity index (χ2v) is 7.62. The number of nitrogens with one attached hydrogen (secondary N) is 2. The fourth-order valence-corrected chi connectivity index (χ4v) is 3.90. The highest BCUT2D eigenvalue weighted by atomic mass is 16.3. The zero-order valence-corrected chi connectivity index (χ0v) is 15.7. The van der Waals surface area contributed by atoms with Gasteiger partial charge in [-0.1, -0.05) is 25.7 Å². The largest absolute Gasteiger partial charge is 0.472 e. The van der Waals surface area contributed by atoms with Crippen LogP contribution in [0.25, 0.3) is 0 Å². The van der Waals surface area contributed by atoms with Crippen LogP contribution in [-0.4, -0.2) is 48.3 Å². The van der Waals surface area contributed by atoms with Gasteiger partial charge in [0.25, 0.3) is 5.91 Å². The molecular formula is C20H29N3O4. The molecule has 0 atom stereocenters. The average Bonchev–Trinajstić information content (AvgIpc) is 3.11. The van der Waals surface area contributed by atoms with Gasteiger partial charge >= 0.3 is 11.8 Å². The van der Waals surface area contributed by atoms with Crippen molar-refractivity contribution in [2.75, 3.05) is 19.6 Å². The van der Waals surface area contributed by atoms with E-state index in [9.17, 15) is 14.4 Å². The van der Waals surface area contributed by atoms with Crippen molar-refractivity contribution >= 4 is 17.7 Å². The SMILES string of the molecule is O=C(NCC1CCN(C(=O)c2ccoc2)CC1)C(=O)NC1CCCCCC1. The van der Waals surface area contributed by atoms with E-state index in [4.69, 9.17) is 4.42 Å². The van der Waals surface area contributed by atoms with Crippen molar-refractivity contribution in [3.05, 3.63) is 24.2 Å². The summed E-state index contributed by atoms with van der Waals surface area (Å²) in [6.45, 7) is 1.78. The Morgan fingerprint density at radius 2 is 1.70 bits per heavy atom. The number of carbonyl (C=O) groups excluding carboxylic acids is 3. The molecule has 2 heterocycles. The molecule has 1 saturated carbocycles. The highest BCUT2D eigenvalue weighted by Crippen LogP contribution is 2.19. The van der Waals surface area contributed by atoms with E-state index in [2.05, 4.69) is 10.6 Å². The molecule has 2 fully saturated rings. The van der Waals surface area contributed by atoms with E-state index in [1.165, 1.54) is 25.4 Å². The number of amides is 3. The molecule has 7 heteroatoms. The smallest absolute Gasteiger partial charge is 0.309 e. The summed E-state index contributed by atoms with van der Waals surface area (Å²) >= 11 is 0. The molecule has 7 nitrogen and oxygen atoms in total. The van der Waals surface area contributed by atoms with Crippen LogP contribution in [0.4, 0.5) is 0 Å². The maximum absolute atomic E-state index is 12.3. The lowest BCUT2D eigenvalue weighted by Crippen LogP contribution is -2.47. The summed E-state index contributed by atoms with van der Waals surface area (Å²) in [6.07, 6.45) is 11.1. The van der Waals surface area contributed by atoms with Crippen molar-refractivity contribution in [1.82, 2.24) is 15.5 Å². The normalized spacial score (nSPS) is 19.3. The van der Waals surface area contributed by atoms with Crippen LogP contribution < -0.4 is 10.6 Å². The maximum atomic E-state index is 12.3. The first-order valence-electron chi connectivity index (χ1n) is 10.0. The molecule has 148 valence electrons. The second kappa shape index (κ2) is 9.58. The molecular weight excluding hydrogens is 346 g/mol. The van der Waals surface area contributed by atoms with Gasteiger partial charge in [0.05, 0.1) is 11.8 Å². The number of likely N-dealkylation sites (tertiary alicyclic amines) is 1. The Balaban J connectivity index is 1.36. The minimum absolute atomic E-state index is 0.0194. The van der Waals surface area contributed by atoms with Crippen LogP contribution in [0.15, 0.2) is 23.0 Å². The van der Waals surface area contributed by atoms with Crippen molar-refractivity contribution in [2.24, 2.45) is 5.92 Å². The summed E-state index contributed by atoms with van der Waals surface area (Å²) in [5.41, 5.74) is 0.567. The fourth-order valence-electron chi connectivity index (χ4n) is 3.90. The molecule has 1 aromatic heterocycles. The quantitative estimate of drug-likeness (QED) is 0.623. The zero-order chi connectivity index (χ0) is 19.1. The van der Waals surface area contributed by atoms with Gasteiger partial charge in [-0.2, -0.15) is 0 Å². The van der Waals surface area contributed by atoms with Gasteiger partial charge in [0.2, 0.25) is 0 Å². The van der Waals surface area contributed by atoms with E-state index >= 15 is 0 Å². The minimum Gasteiger partial charge on any atom is -0.472 e. The number of hydrogen-bond acceptors (Lipinski definition) is 4. The number of furan rings is 1. The van der Waals surface area contributed by atoms with Crippen molar-refractivity contribution in [3.8, 4) is 0 Å². The van der Waals surface area contributed by atoms with Crippen LogP contribution in [0.2, 0.25) is 0 Å². The summed E-state index contributed by atoms with van der Waals surface area (Å²) in [5, 5.41) is 5.63. The molecule has 1 aliphatic carbocycles.